The molecule has 1 aromatic carbocycles. The van der Waals surface area contributed by atoms with Gasteiger partial charge in [0.15, 0.2) is 11.4 Å². The molecule has 0 spiro atoms. The maximum Gasteiger partial charge on any atom is 0.255 e. The van der Waals surface area contributed by atoms with Crippen molar-refractivity contribution in [1.82, 2.24) is 4.90 Å². The zero-order valence-electron chi connectivity index (χ0n) is 21.7. The topological polar surface area (TPSA) is 171 Å². The Morgan fingerprint density at radius 1 is 1.16 bits per heavy atom. The van der Waals surface area contributed by atoms with E-state index >= 15 is 0 Å². The number of aliphatic hydroxyl groups is 3. The highest BCUT2D eigenvalue weighted by Crippen LogP contribution is 2.53. The summed E-state index contributed by atoms with van der Waals surface area (Å²) in [6, 6.07) is 2.02. The van der Waals surface area contributed by atoms with E-state index in [0.717, 1.165) is 5.56 Å². The van der Waals surface area contributed by atoms with Crippen LogP contribution >= 0.6 is 0 Å². The first-order valence-electron chi connectivity index (χ1n) is 13.0. The van der Waals surface area contributed by atoms with Gasteiger partial charge in [0.05, 0.1) is 11.6 Å². The Labute approximate surface area is 220 Å². The van der Waals surface area contributed by atoms with Gasteiger partial charge in [-0.05, 0) is 61.8 Å². The zero-order chi connectivity index (χ0) is 27.7. The molecule has 1 saturated heterocycles. The third-order valence-corrected chi connectivity index (χ3v) is 8.91. The Bertz CT molecular complexity index is 1290. The molecule has 10 heteroatoms. The number of phenolic OH excluding ortho intramolecular Hbond substituents is 1. The molecule has 6 N–H and O–H groups in total. The summed E-state index contributed by atoms with van der Waals surface area (Å²) in [4.78, 5) is 41.8. The Morgan fingerprint density at radius 3 is 2.42 bits per heavy atom. The average molecular weight is 527 g/mol. The quantitative estimate of drug-likeness (QED) is 0.366. The SMILES string of the molecule is CC(C)c1ccc(O)c2c1C[C@H]1C[C@H]3[C@@H](N(C)C4CCOCC4)C(=O)C(C(N)=O)=C(O)[C@@]3(O)C(=O)C1=C2O. The monoisotopic (exact) mass is 526 g/mol. The molecule has 1 amide bonds. The Hall–Kier alpha value is -3.21. The van der Waals surface area contributed by atoms with Crippen molar-refractivity contribution in [2.24, 2.45) is 17.6 Å². The van der Waals surface area contributed by atoms with E-state index in [-0.39, 0.29) is 35.3 Å². The average Bonchev–Trinajstić information content (AvgIpc) is 2.86. The van der Waals surface area contributed by atoms with Crippen molar-refractivity contribution in [2.75, 3.05) is 20.3 Å². The van der Waals surface area contributed by atoms with Crippen molar-refractivity contribution in [3.05, 3.63) is 45.7 Å². The predicted octanol–water partition coefficient (Wildman–Crippen LogP) is 1.64. The molecule has 0 unspecified atom stereocenters. The summed E-state index contributed by atoms with van der Waals surface area (Å²) in [6.45, 7) is 4.94. The molecule has 10 nitrogen and oxygen atoms in total. The molecule has 1 saturated carbocycles. The number of aromatic hydroxyl groups is 1. The van der Waals surface area contributed by atoms with Crippen molar-refractivity contribution in [3.63, 3.8) is 0 Å². The second kappa shape index (κ2) is 9.21. The fourth-order valence-electron chi connectivity index (χ4n) is 7.00. The molecule has 2 fully saturated rings. The number of hydrogen-bond donors (Lipinski definition) is 5. The van der Waals surface area contributed by atoms with Crippen LogP contribution in [-0.2, 0) is 25.5 Å². The van der Waals surface area contributed by atoms with E-state index in [1.165, 1.54) is 6.07 Å². The molecular formula is C28H34N2O8. The largest absolute Gasteiger partial charge is 0.508 e. The molecule has 4 aliphatic rings. The molecule has 4 atom stereocenters. The van der Waals surface area contributed by atoms with Crippen LogP contribution in [0.15, 0.2) is 29.0 Å². The van der Waals surface area contributed by atoms with Gasteiger partial charge in [0.2, 0.25) is 5.78 Å². The number of likely N-dealkylation sites (N-methyl/N-ethyl adjacent to an activating group) is 1. The number of ether oxygens (including phenoxy) is 1. The summed E-state index contributed by atoms with van der Waals surface area (Å²) in [6.07, 6.45) is 1.60. The lowest BCUT2D eigenvalue weighted by Crippen LogP contribution is -2.67. The highest BCUT2D eigenvalue weighted by molar-refractivity contribution is 6.24. The Kier molecular flexibility index (Phi) is 6.40. The standard InChI is InChI=1S/C28H34N2O8/c1-12(2)15-4-5-18(31)20-16(15)10-13-11-17-22(30(3)14-6-8-38-9-7-14)24(33)21(27(29)36)26(35)28(17,37)25(34)19(13)23(20)32/h4-5,12-14,17,22,31-32,35,37H,6-11H2,1-3H3,(H2,29,36)/t13-,17-,22+,28-/m0/s1. The van der Waals surface area contributed by atoms with E-state index in [1.54, 1.807) is 18.0 Å². The fourth-order valence-corrected chi connectivity index (χ4v) is 7.00. The van der Waals surface area contributed by atoms with Crippen LogP contribution in [0.2, 0.25) is 0 Å². The van der Waals surface area contributed by atoms with Gasteiger partial charge in [0.1, 0.15) is 22.8 Å². The molecule has 5 rings (SSSR count). The van der Waals surface area contributed by atoms with E-state index in [2.05, 4.69) is 0 Å². The van der Waals surface area contributed by atoms with Crippen LogP contribution in [0, 0.1) is 11.8 Å². The van der Waals surface area contributed by atoms with Gasteiger partial charge in [0.25, 0.3) is 5.91 Å². The predicted molar refractivity (Wildman–Crippen MR) is 136 cm³/mol. The van der Waals surface area contributed by atoms with Gasteiger partial charge in [-0.25, -0.2) is 0 Å². The van der Waals surface area contributed by atoms with Crippen LogP contribution in [0.1, 0.15) is 55.7 Å². The molecule has 204 valence electrons. The number of fused-ring (bicyclic) bond motifs is 3. The Morgan fingerprint density at radius 2 is 1.82 bits per heavy atom. The Balaban J connectivity index is 1.70. The van der Waals surface area contributed by atoms with E-state index in [0.29, 0.717) is 38.0 Å². The second-order valence-electron chi connectivity index (χ2n) is 11.2. The molecule has 1 aliphatic heterocycles. The molecular weight excluding hydrogens is 492 g/mol. The molecule has 38 heavy (non-hydrogen) atoms. The first-order chi connectivity index (χ1) is 17.9. The van der Waals surface area contributed by atoms with Gasteiger partial charge in [-0.1, -0.05) is 19.9 Å². The number of nitrogens with two attached hydrogens (primary N) is 1. The second-order valence-corrected chi connectivity index (χ2v) is 11.2. The smallest absolute Gasteiger partial charge is 0.255 e. The van der Waals surface area contributed by atoms with Gasteiger partial charge in [-0.2, -0.15) is 0 Å². The van der Waals surface area contributed by atoms with Gasteiger partial charge >= 0.3 is 0 Å². The lowest BCUT2D eigenvalue weighted by atomic mass is 9.57. The fraction of sp³-hybridized carbons (Fsp3) is 0.536. The van der Waals surface area contributed by atoms with Gasteiger partial charge in [-0.15, -0.1) is 0 Å². The van der Waals surface area contributed by atoms with E-state index in [9.17, 15) is 34.8 Å². The first-order valence-corrected chi connectivity index (χ1v) is 13.0. The minimum absolute atomic E-state index is 0.0729. The number of Topliss-reactive ketones (excluding diaryl/α,β-unsaturated/α-hetero) is 2. The van der Waals surface area contributed by atoms with Crippen molar-refractivity contribution in [2.45, 2.75) is 63.1 Å². The number of phenols is 1. The number of nitrogens with zero attached hydrogens (tertiary/aromatic N) is 1. The molecule has 0 radical (unpaired) electrons. The number of benzene rings is 1. The van der Waals surface area contributed by atoms with Gasteiger partial charge < -0.3 is 30.9 Å². The van der Waals surface area contributed by atoms with Crippen LogP contribution in [0.25, 0.3) is 5.76 Å². The number of carbonyl (C=O) groups excluding carboxylic acids is 3. The molecule has 0 aromatic heterocycles. The third kappa shape index (κ3) is 3.61. The van der Waals surface area contributed by atoms with Gasteiger partial charge in [-0.3, -0.25) is 19.3 Å². The normalized spacial score (nSPS) is 30.0. The summed E-state index contributed by atoms with van der Waals surface area (Å²) < 4.78 is 5.45. The first kappa shape index (κ1) is 26.4. The maximum absolute atomic E-state index is 14.1. The van der Waals surface area contributed by atoms with E-state index < -0.39 is 58.0 Å². The van der Waals surface area contributed by atoms with Crippen molar-refractivity contribution in [1.29, 1.82) is 0 Å². The van der Waals surface area contributed by atoms with Crippen molar-refractivity contribution in [3.8, 4) is 5.75 Å². The highest BCUT2D eigenvalue weighted by atomic mass is 16.5. The summed E-state index contributed by atoms with van der Waals surface area (Å²) in [5.74, 6) is -6.33. The summed E-state index contributed by atoms with van der Waals surface area (Å²) in [5.41, 5.74) is 3.62. The number of hydrogen-bond acceptors (Lipinski definition) is 9. The summed E-state index contributed by atoms with van der Waals surface area (Å²) in [7, 11) is 1.71. The molecule has 1 heterocycles. The number of carbonyl (C=O) groups is 3. The van der Waals surface area contributed by atoms with Crippen LogP contribution in [0.4, 0.5) is 0 Å². The minimum Gasteiger partial charge on any atom is -0.508 e. The number of ketones is 2. The van der Waals surface area contributed by atoms with Crippen molar-refractivity contribution >= 4 is 23.2 Å². The van der Waals surface area contributed by atoms with E-state index in [4.69, 9.17) is 10.5 Å². The lowest BCUT2D eigenvalue weighted by molar-refractivity contribution is -0.156. The van der Waals surface area contributed by atoms with Crippen LogP contribution in [-0.4, -0.2) is 80.7 Å². The third-order valence-electron chi connectivity index (χ3n) is 8.91. The highest BCUT2D eigenvalue weighted by Gasteiger charge is 2.64. The molecule has 0 bridgehead atoms. The van der Waals surface area contributed by atoms with Crippen LogP contribution in [0.5, 0.6) is 5.75 Å². The maximum atomic E-state index is 14.1. The lowest BCUT2D eigenvalue weighted by Gasteiger charge is -2.52. The minimum atomic E-state index is -2.65. The van der Waals surface area contributed by atoms with Crippen LogP contribution < -0.4 is 5.73 Å². The zero-order valence-corrected chi connectivity index (χ0v) is 21.7. The van der Waals surface area contributed by atoms with E-state index in [1.807, 2.05) is 13.8 Å². The molecule has 1 aromatic rings. The number of primary amides is 1. The summed E-state index contributed by atoms with van der Waals surface area (Å²) in [5, 5.41) is 44.9. The van der Waals surface area contributed by atoms with Crippen LogP contribution in [0.3, 0.4) is 0 Å². The summed E-state index contributed by atoms with van der Waals surface area (Å²) >= 11 is 0. The number of aliphatic hydroxyl groups excluding tert-OH is 2. The van der Waals surface area contributed by atoms with Crippen molar-refractivity contribution < 1.29 is 39.5 Å². The molecule has 3 aliphatic carbocycles. The number of amides is 1. The number of rotatable bonds is 4. The van der Waals surface area contributed by atoms with Gasteiger partial charge in [0, 0.05) is 30.7 Å².